The van der Waals surface area contributed by atoms with Gasteiger partial charge in [0, 0.05) is 12.4 Å². The number of hydrogen-bond donors (Lipinski definition) is 1. The zero-order chi connectivity index (χ0) is 14.0. The Morgan fingerprint density at radius 1 is 1.33 bits per heavy atom. The van der Waals surface area contributed by atoms with Crippen LogP contribution in [0.25, 0.3) is 0 Å². The van der Waals surface area contributed by atoms with Crippen molar-refractivity contribution in [2.24, 2.45) is 0 Å². The molecule has 0 bridgehead atoms. The molecule has 1 aromatic rings. The van der Waals surface area contributed by atoms with Gasteiger partial charge in [0.05, 0.1) is 12.3 Å². The van der Waals surface area contributed by atoms with Crippen molar-refractivity contribution in [1.82, 2.24) is 9.97 Å². The van der Waals surface area contributed by atoms with E-state index >= 15 is 0 Å². The molecule has 6 heteroatoms. The van der Waals surface area contributed by atoms with Gasteiger partial charge >= 0.3 is 5.97 Å². The third-order valence-electron chi connectivity index (χ3n) is 3.35. The van der Waals surface area contributed by atoms with E-state index in [0.717, 1.165) is 0 Å². The van der Waals surface area contributed by atoms with E-state index in [1.807, 2.05) is 0 Å². The largest absolute Gasteiger partial charge is 0.476 e. The summed E-state index contributed by atoms with van der Waals surface area (Å²) in [6, 6.07) is 0. The Bertz CT molecular complexity index is 441. The minimum absolute atomic E-state index is 0.0313. The SMILES string of the molecule is CC(C)(C)[Si](C)(C)OCc1nccnc1C(=O)O. The maximum atomic E-state index is 11.0. The molecular weight excluding hydrogens is 248 g/mol. The van der Waals surface area contributed by atoms with Gasteiger partial charge in [0.2, 0.25) is 0 Å². The number of carboxylic acid groups (broad SMARTS) is 1. The van der Waals surface area contributed by atoms with E-state index in [2.05, 4.69) is 43.8 Å². The predicted octanol–water partition coefficient (Wildman–Crippen LogP) is 2.70. The molecule has 0 saturated heterocycles. The molecule has 0 fully saturated rings. The second-order valence-corrected chi connectivity index (χ2v) is 10.5. The summed E-state index contributed by atoms with van der Waals surface area (Å²) in [5.74, 6) is -1.07. The first-order valence-corrected chi connectivity index (χ1v) is 8.73. The number of hydrogen-bond acceptors (Lipinski definition) is 4. The first-order valence-electron chi connectivity index (χ1n) is 5.82. The van der Waals surface area contributed by atoms with Crippen LogP contribution in [0.5, 0.6) is 0 Å². The standard InChI is InChI=1S/C12H20N2O3Si/c1-12(2,3)18(4,5)17-8-9-10(11(15)16)14-7-6-13-9/h6-7H,8H2,1-5H3,(H,15,16). The molecule has 1 rings (SSSR count). The van der Waals surface area contributed by atoms with Crippen molar-refractivity contribution in [1.29, 1.82) is 0 Å². The van der Waals surface area contributed by atoms with E-state index in [1.54, 1.807) is 0 Å². The van der Waals surface area contributed by atoms with E-state index in [1.165, 1.54) is 12.4 Å². The summed E-state index contributed by atoms with van der Waals surface area (Å²) in [5, 5.41) is 9.09. The molecule has 0 aliphatic carbocycles. The van der Waals surface area contributed by atoms with Gasteiger partial charge in [0.25, 0.3) is 0 Å². The highest BCUT2D eigenvalue weighted by Crippen LogP contribution is 2.37. The lowest BCUT2D eigenvalue weighted by atomic mass is 10.2. The summed E-state index contributed by atoms with van der Waals surface area (Å²) in [7, 11) is -1.91. The van der Waals surface area contributed by atoms with Crippen LogP contribution in [-0.2, 0) is 11.0 Å². The van der Waals surface area contributed by atoms with Crippen LogP contribution < -0.4 is 0 Å². The Hall–Kier alpha value is -1.27. The second-order valence-electron chi connectivity index (χ2n) is 5.71. The van der Waals surface area contributed by atoms with Crippen molar-refractivity contribution in [2.45, 2.75) is 45.5 Å². The molecule has 1 heterocycles. The van der Waals surface area contributed by atoms with Crippen LogP contribution in [0.1, 0.15) is 37.0 Å². The molecule has 18 heavy (non-hydrogen) atoms. The summed E-state index contributed by atoms with van der Waals surface area (Å²) >= 11 is 0. The van der Waals surface area contributed by atoms with Crippen LogP contribution in [0.15, 0.2) is 12.4 Å². The van der Waals surface area contributed by atoms with Crippen LogP contribution in [0.2, 0.25) is 18.1 Å². The van der Waals surface area contributed by atoms with Gasteiger partial charge in [0.1, 0.15) is 0 Å². The fourth-order valence-corrected chi connectivity index (χ4v) is 2.05. The molecule has 0 radical (unpaired) electrons. The second kappa shape index (κ2) is 5.15. The minimum Gasteiger partial charge on any atom is -0.476 e. The maximum Gasteiger partial charge on any atom is 0.356 e. The Kier molecular flexibility index (Phi) is 4.23. The fourth-order valence-electron chi connectivity index (χ4n) is 1.12. The molecule has 1 aromatic heterocycles. The lowest BCUT2D eigenvalue weighted by molar-refractivity contribution is 0.0686. The maximum absolute atomic E-state index is 11.0. The summed E-state index contributed by atoms with van der Waals surface area (Å²) in [4.78, 5) is 18.8. The van der Waals surface area contributed by atoms with Crippen LogP contribution >= 0.6 is 0 Å². The van der Waals surface area contributed by atoms with Gasteiger partial charge in [-0.25, -0.2) is 9.78 Å². The number of nitrogens with zero attached hydrogens (tertiary/aromatic N) is 2. The highest BCUT2D eigenvalue weighted by Gasteiger charge is 2.37. The number of carbonyl (C=O) groups is 1. The summed E-state index contributed by atoms with van der Waals surface area (Å²) < 4.78 is 5.94. The topological polar surface area (TPSA) is 72.3 Å². The highest BCUT2D eigenvalue weighted by atomic mass is 28.4. The normalized spacial score (nSPS) is 12.5. The molecule has 0 saturated carbocycles. The molecule has 0 aromatic carbocycles. The average Bonchev–Trinajstić information content (AvgIpc) is 2.25. The summed E-state index contributed by atoms with van der Waals surface area (Å²) in [5.41, 5.74) is 0.353. The van der Waals surface area contributed by atoms with E-state index in [0.29, 0.717) is 5.69 Å². The zero-order valence-corrected chi connectivity index (χ0v) is 12.5. The molecule has 0 amide bonds. The zero-order valence-electron chi connectivity index (χ0n) is 11.5. The molecule has 0 aliphatic rings. The third-order valence-corrected chi connectivity index (χ3v) is 7.83. The van der Waals surface area contributed by atoms with Gasteiger partial charge in [-0.1, -0.05) is 20.8 Å². The summed E-state index contributed by atoms with van der Waals surface area (Å²) in [6.07, 6.45) is 2.86. The molecule has 1 N–H and O–H groups in total. The first kappa shape index (κ1) is 14.8. The van der Waals surface area contributed by atoms with Crippen molar-refractivity contribution < 1.29 is 14.3 Å². The first-order chi connectivity index (χ1) is 8.15. The smallest absolute Gasteiger partial charge is 0.356 e. The monoisotopic (exact) mass is 268 g/mol. The van der Waals surface area contributed by atoms with Gasteiger partial charge < -0.3 is 9.53 Å². The Morgan fingerprint density at radius 2 is 1.89 bits per heavy atom. The third kappa shape index (κ3) is 3.36. The molecule has 0 aliphatic heterocycles. The lowest BCUT2D eigenvalue weighted by Crippen LogP contribution is -2.40. The highest BCUT2D eigenvalue weighted by molar-refractivity contribution is 6.74. The number of carboxylic acids is 1. The Morgan fingerprint density at radius 3 is 2.39 bits per heavy atom. The van der Waals surface area contributed by atoms with E-state index < -0.39 is 14.3 Å². The molecule has 0 atom stereocenters. The van der Waals surface area contributed by atoms with Gasteiger partial charge in [-0.2, -0.15) is 0 Å². The quantitative estimate of drug-likeness (QED) is 0.850. The van der Waals surface area contributed by atoms with Crippen molar-refractivity contribution in [3.8, 4) is 0 Å². The molecule has 5 nitrogen and oxygen atoms in total. The lowest BCUT2D eigenvalue weighted by Gasteiger charge is -2.36. The Labute approximate surface area is 108 Å². The van der Waals surface area contributed by atoms with E-state index in [-0.39, 0.29) is 17.3 Å². The minimum atomic E-state index is -1.91. The molecular formula is C12H20N2O3Si. The van der Waals surface area contributed by atoms with E-state index in [4.69, 9.17) is 9.53 Å². The van der Waals surface area contributed by atoms with Crippen molar-refractivity contribution >= 4 is 14.3 Å². The number of rotatable bonds is 4. The van der Waals surface area contributed by atoms with Gasteiger partial charge in [-0.3, -0.25) is 4.98 Å². The van der Waals surface area contributed by atoms with Crippen molar-refractivity contribution in [3.05, 3.63) is 23.8 Å². The predicted molar refractivity (Wildman–Crippen MR) is 71.0 cm³/mol. The van der Waals surface area contributed by atoms with Crippen molar-refractivity contribution in [2.75, 3.05) is 0 Å². The van der Waals surface area contributed by atoms with Crippen LogP contribution in [0.3, 0.4) is 0 Å². The average molecular weight is 268 g/mol. The number of aromatic carboxylic acids is 1. The van der Waals surface area contributed by atoms with Crippen molar-refractivity contribution in [3.63, 3.8) is 0 Å². The molecule has 100 valence electrons. The summed E-state index contributed by atoms with van der Waals surface area (Å²) in [6.45, 7) is 10.8. The molecule has 0 spiro atoms. The molecule has 0 unspecified atom stereocenters. The van der Waals surface area contributed by atoms with Crippen LogP contribution in [-0.4, -0.2) is 29.4 Å². The fraction of sp³-hybridized carbons (Fsp3) is 0.583. The van der Waals surface area contributed by atoms with Gasteiger partial charge in [-0.15, -0.1) is 0 Å². The van der Waals surface area contributed by atoms with E-state index in [9.17, 15) is 4.79 Å². The van der Waals surface area contributed by atoms with Gasteiger partial charge in [0.15, 0.2) is 14.0 Å². The van der Waals surface area contributed by atoms with Gasteiger partial charge in [-0.05, 0) is 18.1 Å². The van der Waals surface area contributed by atoms with Crippen LogP contribution in [0, 0.1) is 0 Å². The number of aromatic nitrogens is 2. The Balaban J connectivity index is 2.85. The van der Waals surface area contributed by atoms with Crippen LogP contribution in [0.4, 0.5) is 0 Å².